The van der Waals surface area contributed by atoms with Crippen LogP contribution in [0.3, 0.4) is 0 Å². The van der Waals surface area contributed by atoms with E-state index in [1.54, 1.807) is 0 Å². The van der Waals surface area contributed by atoms with E-state index in [0.29, 0.717) is 17.3 Å². The van der Waals surface area contributed by atoms with E-state index in [0.717, 1.165) is 51.7 Å². The highest BCUT2D eigenvalue weighted by Crippen LogP contribution is 2.42. The number of carbonyl (C=O) groups excluding carboxylic acids is 1. The van der Waals surface area contributed by atoms with Crippen molar-refractivity contribution in [3.8, 4) is 10.4 Å². The average Bonchev–Trinajstić information content (AvgIpc) is 3.49. The Balaban J connectivity index is 1.61. The molecule has 1 aliphatic rings. The molecular weight excluding hydrogens is 452 g/mol. The predicted octanol–water partition coefficient (Wildman–Crippen LogP) is 6.60. The molecule has 4 aromatic rings. The highest BCUT2D eigenvalue weighted by molar-refractivity contribution is 7.15. The van der Waals surface area contributed by atoms with Crippen LogP contribution in [-0.2, 0) is 12.1 Å². The molecule has 5 rings (SSSR count). The maximum Gasteiger partial charge on any atom is 0.274 e. The van der Waals surface area contributed by atoms with Crippen LogP contribution in [0, 0.1) is 13.8 Å². The number of likely N-dealkylation sites (tertiary alicyclic amines) is 1. The van der Waals surface area contributed by atoms with Gasteiger partial charge in [-0.25, -0.2) is 9.97 Å². The summed E-state index contributed by atoms with van der Waals surface area (Å²) in [5.74, 6) is 0.914. The Bertz CT molecular complexity index is 1370. The number of aryl methyl sites for hydroxylation is 3. The lowest BCUT2D eigenvalue weighted by atomic mass is 9.97. The maximum absolute atomic E-state index is 14.0. The third kappa shape index (κ3) is 3.56. The van der Waals surface area contributed by atoms with Crippen molar-refractivity contribution in [1.82, 2.24) is 19.4 Å². The van der Waals surface area contributed by atoms with Gasteiger partial charge in [0, 0.05) is 18.1 Å². The molecule has 5 nitrogen and oxygen atoms in total. The van der Waals surface area contributed by atoms with Crippen molar-refractivity contribution in [3.63, 3.8) is 0 Å². The number of rotatable bonds is 4. The average molecular weight is 479 g/mol. The number of hydrogen-bond donors (Lipinski definition) is 0. The minimum Gasteiger partial charge on any atom is -0.326 e. The summed E-state index contributed by atoms with van der Waals surface area (Å²) >= 11 is 7.78. The van der Waals surface area contributed by atoms with Crippen LogP contribution < -0.4 is 0 Å². The Hall–Kier alpha value is -2.70. The number of thiazole rings is 1. The molecule has 0 N–H and O–H groups in total. The van der Waals surface area contributed by atoms with Crippen molar-refractivity contribution in [2.45, 2.75) is 52.6 Å². The number of benzene rings is 2. The van der Waals surface area contributed by atoms with Crippen molar-refractivity contribution in [2.24, 2.45) is 0 Å². The number of imidazole rings is 1. The van der Waals surface area contributed by atoms with Gasteiger partial charge in [-0.3, -0.25) is 4.79 Å². The monoisotopic (exact) mass is 478 g/mol. The minimum atomic E-state index is -0.498. The number of para-hydroxylation sites is 1. The van der Waals surface area contributed by atoms with Crippen molar-refractivity contribution < 1.29 is 4.79 Å². The topological polar surface area (TPSA) is 51.0 Å². The zero-order chi connectivity index (χ0) is 23.3. The first-order chi connectivity index (χ1) is 15.8. The molecule has 170 valence electrons. The minimum absolute atomic E-state index is 0.0410. The zero-order valence-electron chi connectivity index (χ0n) is 19.4. The van der Waals surface area contributed by atoms with Crippen LogP contribution in [0.4, 0.5) is 0 Å². The largest absolute Gasteiger partial charge is 0.326 e. The lowest BCUT2D eigenvalue weighted by Gasteiger charge is -2.35. The third-order valence-electron chi connectivity index (χ3n) is 6.68. The second-order valence-corrected chi connectivity index (χ2v) is 10.5. The second kappa shape index (κ2) is 8.26. The molecule has 33 heavy (non-hydrogen) atoms. The van der Waals surface area contributed by atoms with Crippen LogP contribution >= 0.6 is 22.9 Å². The van der Waals surface area contributed by atoms with Crippen LogP contribution in [0.2, 0.25) is 5.02 Å². The Labute approximate surface area is 203 Å². The number of carbonyl (C=O) groups is 1. The van der Waals surface area contributed by atoms with Gasteiger partial charge >= 0.3 is 0 Å². The molecule has 0 saturated carbocycles. The molecule has 3 heterocycles. The second-order valence-electron chi connectivity index (χ2n) is 8.88. The predicted molar refractivity (Wildman–Crippen MR) is 135 cm³/mol. The van der Waals surface area contributed by atoms with Crippen molar-refractivity contribution in [3.05, 3.63) is 69.6 Å². The Morgan fingerprint density at radius 2 is 1.97 bits per heavy atom. The Kier molecular flexibility index (Phi) is 5.53. The lowest BCUT2D eigenvalue weighted by molar-refractivity contribution is 0.0594. The molecule has 0 spiro atoms. The number of amides is 1. The molecule has 1 aliphatic heterocycles. The van der Waals surface area contributed by atoms with Crippen molar-refractivity contribution in [2.75, 3.05) is 6.54 Å². The first kappa shape index (κ1) is 22.1. The normalized spacial score (nSPS) is 18.4. The molecular formula is C26H27ClN4OS. The first-order valence-corrected chi connectivity index (χ1v) is 12.5. The van der Waals surface area contributed by atoms with Gasteiger partial charge in [-0.2, -0.15) is 0 Å². The summed E-state index contributed by atoms with van der Waals surface area (Å²) in [6.45, 7) is 9.85. The van der Waals surface area contributed by atoms with Crippen LogP contribution in [0.15, 0.2) is 42.5 Å². The molecule has 2 aromatic heterocycles. The maximum atomic E-state index is 14.0. The molecule has 1 unspecified atom stereocenters. The van der Waals surface area contributed by atoms with E-state index in [1.165, 1.54) is 16.9 Å². The number of fused-ring (bicyclic) bond motifs is 1. The van der Waals surface area contributed by atoms with Gasteiger partial charge in [0.25, 0.3) is 5.91 Å². The van der Waals surface area contributed by atoms with Crippen molar-refractivity contribution >= 4 is 39.9 Å². The van der Waals surface area contributed by atoms with Gasteiger partial charge in [0.05, 0.1) is 26.5 Å². The molecule has 1 fully saturated rings. The molecule has 0 radical (unpaired) electrons. The molecule has 1 amide bonds. The van der Waals surface area contributed by atoms with E-state index in [4.69, 9.17) is 16.6 Å². The van der Waals surface area contributed by atoms with Gasteiger partial charge in [-0.05, 0) is 69.9 Å². The number of aromatic nitrogens is 3. The van der Waals surface area contributed by atoms with Gasteiger partial charge in [0.1, 0.15) is 11.5 Å². The quantitative estimate of drug-likeness (QED) is 0.332. The smallest absolute Gasteiger partial charge is 0.274 e. The first-order valence-electron chi connectivity index (χ1n) is 11.3. The fraction of sp³-hybridized carbons (Fsp3) is 0.346. The highest BCUT2D eigenvalue weighted by atomic mass is 35.5. The Morgan fingerprint density at radius 3 is 2.73 bits per heavy atom. The van der Waals surface area contributed by atoms with Gasteiger partial charge in [0.2, 0.25) is 0 Å². The zero-order valence-corrected chi connectivity index (χ0v) is 20.9. The summed E-state index contributed by atoms with van der Waals surface area (Å²) in [6, 6.07) is 13.9. The summed E-state index contributed by atoms with van der Waals surface area (Å²) < 4.78 is 2.28. The van der Waals surface area contributed by atoms with Gasteiger partial charge in [0.15, 0.2) is 0 Å². The van der Waals surface area contributed by atoms with Crippen LogP contribution in [0.1, 0.15) is 53.6 Å². The molecule has 1 saturated heterocycles. The van der Waals surface area contributed by atoms with E-state index in [2.05, 4.69) is 42.5 Å². The fourth-order valence-electron chi connectivity index (χ4n) is 5.13. The standard InChI is InChI=1S/C26H27ClN4OS/c1-5-30-22-16(2)9-6-12-20(22)29-25(30)26(4)13-8-14-31(26)24(32)21-23(33-17(3)28-21)18-10-7-11-19(27)15-18/h6-7,9-12,15H,5,8,13-14H2,1-4H3. The summed E-state index contributed by atoms with van der Waals surface area (Å²) in [5, 5.41) is 1.51. The van der Waals surface area contributed by atoms with Crippen LogP contribution in [0.25, 0.3) is 21.5 Å². The van der Waals surface area contributed by atoms with E-state index in [9.17, 15) is 4.79 Å². The van der Waals surface area contributed by atoms with E-state index in [1.807, 2.05) is 42.2 Å². The summed E-state index contributed by atoms with van der Waals surface area (Å²) in [5.41, 5.74) is 4.26. The summed E-state index contributed by atoms with van der Waals surface area (Å²) in [6.07, 6.45) is 1.81. The number of hydrogen-bond acceptors (Lipinski definition) is 4. The van der Waals surface area contributed by atoms with E-state index >= 15 is 0 Å². The number of nitrogens with zero attached hydrogens (tertiary/aromatic N) is 4. The van der Waals surface area contributed by atoms with Crippen LogP contribution in [-0.4, -0.2) is 31.9 Å². The van der Waals surface area contributed by atoms with Gasteiger partial charge in [-0.15, -0.1) is 11.3 Å². The van der Waals surface area contributed by atoms with Crippen molar-refractivity contribution in [1.29, 1.82) is 0 Å². The lowest BCUT2D eigenvalue weighted by Crippen LogP contribution is -2.45. The molecule has 0 bridgehead atoms. The molecule has 0 aliphatic carbocycles. The summed E-state index contributed by atoms with van der Waals surface area (Å²) in [4.78, 5) is 26.6. The SMILES string of the molecule is CCn1c(C2(C)CCCN2C(=O)c2nc(C)sc2-c2cccc(Cl)c2)nc2cccc(C)c21. The van der Waals surface area contributed by atoms with E-state index in [-0.39, 0.29) is 5.91 Å². The molecule has 7 heteroatoms. The fourth-order valence-corrected chi connectivity index (χ4v) is 6.23. The van der Waals surface area contributed by atoms with Gasteiger partial charge < -0.3 is 9.47 Å². The number of halogens is 1. The molecule has 1 atom stereocenters. The van der Waals surface area contributed by atoms with E-state index < -0.39 is 5.54 Å². The Morgan fingerprint density at radius 1 is 1.18 bits per heavy atom. The highest BCUT2D eigenvalue weighted by Gasteiger charge is 2.46. The van der Waals surface area contributed by atoms with Gasteiger partial charge in [-0.1, -0.05) is 35.9 Å². The summed E-state index contributed by atoms with van der Waals surface area (Å²) in [7, 11) is 0. The third-order valence-corrected chi connectivity index (χ3v) is 7.93. The van der Waals surface area contributed by atoms with Crippen LogP contribution in [0.5, 0.6) is 0 Å². The molecule has 2 aromatic carbocycles.